The van der Waals surface area contributed by atoms with E-state index in [1.165, 1.54) is 0 Å². The molecule has 2 aliphatic rings. The van der Waals surface area contributed by atoms with Crippen molar-refractivity contribution < 1.29 is 4.74 Å². The number of aromatic nitrogens is 2. The van der Waals surface area contributed by atoms with Crippen LogP contribution in [-0.2, 0) is 0 Å². The fourth-order valence-corrected chi connectivity index (χ4v) is 4.66. The van der Waals surface area contributed by atoms with Crippen LogP contribution >= 0.6 is 0 Å². The predicted molar refractivity (Wildman–Crippen MR) is 121 cm³/mol. The number of fused-ring (bicyclic) bond motifs is 1. The number of ether oxygens (including phenoxy) is 1. The van der Waals surface area contributed by atoms with Gasteiger partial charge in [-0.2, -0.15) is 4.68 Å². The zero-order chi connectivity index (χ0) is 22.1. The van der Waals surface area contributed by atoms with Crippen LogP contribution in [0.5, 0.6) is 5.75 Å². The highest BCUT2D eigenvalue weighted by Gasteiger charge is 2.32. The topological polar surface area (TPSA) is 90.1 Å². The third kappa shape index (κ3) is 3.88. The first-order valence-corrected chi connectivity index (χ1v) is 10.9. The van der Waals surface area contributed by atoms with Crippen LogP contribution in [-0.4, -0.2) is 60.5 Å². The predicted octanol–water partition coefficient (Wildman–Crippen LogP) is 1.29. The molecular formula is C22H30N6O3. The standard InChI is InChI=1S/C22H30N6O3/c1-4-25(12-10-24-2)13-15-9-11-26(14-15)18-8-7-17-19(20(18)31-3)27(16-5-6-16)22(30)28(23)21(17)29/h7-8,15-16H,4-6,9-14,23H2,1,3H3. The van der Waals surface area contributed by atoms with Crippen LogP contribution in [0.15, 0.2) is 21.7 Å². The Labute approximate surface area is 181 Å². The van der Waals surface area contributed by atoms with Crippen LogP contribution in [0.4, 0.5) is 5.69 Å². The number of benzene rings is 1. The minimum absolute atomic E-state index is 0.0569. The molecule has 1 aliphatic heterocycles. The minimum atomic E-state index is -0.501. The molecule has 166 valence electrons. The van der Waals surface area contributed by atoms with Gasteiger partial charge in [0.25, 0.3) is 5.56 Å². The minimum Gasteiger partial charge on any atom is -0.492 e. The number of hydrogen-bond acceptors (Lipinski definition) is 6. The number of nitrogen functional groups attached to an aromatic ring is 1. The summed E-state index contributed by atoms with van der Waals surface area (Å²) in [4.78, 5) is 33.5. The van der Waals surface area contributed by atoms with Crippen LogP contribution < -0.4 is 26.7 Å². The molecule has 1 saturated heterocycles. The number of anilines is 1. The molecule has 9 heteroatoms. The van der Waals surface area contributed by atoms with Gasteiger partial charge in [0, 0.05) is 25.7 Å². The van der Waals surface area contributed by atoms with Crippen molar-refractivity contribution in [3.8, 4) is 5.75 Å². The maximum atomic E-state index is 12.8. The summed E-state index contributed by atoms with van der Waals surface area (Å²) in [7, 11) is 1.59. The molecule has 1 aliphatic carbocycles. The molecule has 4 rings (SSSR count). The summed E-state index contributed by atoms with van der Waals surface area (Å²) in [6.45, 7) is 14.1. The summed E-state index contributed by atoms with van der Waals surface area (Å²) < 4.78 is 8.13. The Morgan fingerprint density at radius 1 is 1.29 bits per heavy atom. The molecule has 2 aromatic rings. The lowest BCUT2D eigenvalue weighted by atomic mass is 10.1. The lowest BCUT2D eigenvalue weighted by Crippen LogP contribution is -2.44. The van der Waals surface area contributed by atoms with Gasteiger partial charge in [0.05, 0.1) is 24.7 Å². The van der Waals surface area contributed by atoms with Crippen molar-refractivity contribution in [2.24, 2.45) is 5.92 Å². The third-order valence-electron chi connectivity index (χ3n) is 6.45. The normalized spacial score (nSPS) is 18.6. The third-order valence-corrected chi connectivity index (χ3v) is 6.45. The van der Waals surface area contributed by atoms with Gasteiger partial charge in [0.1, 0.15) is 5.52 Å². The first-order valence-electron chi connectivity index (χ1n) is 10.9. The maximum Gasteiger partial charge on any atom is 0.350 e. The van der Waals surface area contributed by atoms with E-state index >= 15 is 0 Å². The van der Waals surface area contributed by atoms with Gasteiger partial charge >= 0.3 is 5.69 Å². The van der Waals surface area contributed by atoms with Crippen LogP contribution in [0.1, 0.15) is 32.2 Å². The van der Waals surface area contributed by atoms with Crippen molar-refractivity contribution in [1.29, 1.82) is 0 Å². The summed E-state index contributed by atoms with van der Waals surface area (Å²) in [6, 6.07) is 3.73. The number of nitrogens with zero attached hydrogens (tertiary/aromatic N) is 5. The molecule has 2 N–H and O–H groups in total. The SMILES string of the molecule is [C-]#[N+]CCN(CC)CC1CCN(c2ccc3c(=O)n(N)c(=O)n(C4CC4)c3c2OC)C1. The Morgan fingerprint density at radius 3 is 2.71 bits per heavy atom. The Balaban J connectivity index is 1.69. The van der Waals surface area contributed by atoms with Gasteiger partial charge in [-0.05, 0) is 43.9 Å². The highest BCUT2D eigenvalue weighted by molar-refractivity contribution is 5.90. The molecule has 1 aromatic carbocycles. The average molecular weight is 427 g/mol. The quantitative estimate of drug-likeness (QED) is 0.505. The van der Waals surface area contributed by atoms with Gasteiger partial charge in [-0.15, -0.1) is 0 Å². The van der Waals surface area contributed by atoms with E-state index in [2.05, 4.69) is 21.6 Å². The van der Waals surface area contributed by atoms with E-state index < -0.39 is 11.2 Å². The van der Waals surface area contributed by atoms with Crippen LogP contribution in [0, 0.1) is 12.5 Å². The Kier molecular flexibility index (Phi) is 5.92. The van der Waals surface area contributed by atoms with Gasteiger partial charge in [0.15, 0.2) is 5.75 Å². The second-order valence-electron chi connectivity index (χ2n) is 8.45. The van der Waals surface area contributed by atoms with E-state index in [0.29, 0.717) is 33.8 Å². The van der Waals surface area contributed by atoms with Crippen molar-refractivity contribution in [3.63, 3.8) is 0 Å². The molecule has 1 aromatic heterocycles. The van der Waals surface area contributed by atoms with Crippen molar-refractivity contribution in [2.75, 3.05) is 57.1 Å². The summed E-state index contributed by atoms with van der Waals surface area (Å²) in [6.07, 6.45) is 2.84. The van der Waals surface area contributed by atoms with Crippen LogP contribution in [0.2, 0.25) is 0 Å². The lowest BCUT2D eigenvalue weighted by molar-refractivity contribution is 0.259. The van der Waals surface area contributed by atoms with Gasteiger partial charge in [-0.1, -0.05) is 6.92 Å². The molecule has 2 fully saturated rings. The Bertz CT molecular complexity index is 1130. The largest absolute Gasteiger partial charge is 0.492 e. The molecule has 0 bridgehead atoms. The molecule has 0 spiro atoms. The van der Waals surface area contributed by atoms with E-state index in [9.17, 15) is 9.59 Å². The Morgan fingerprint density at radius 2 is 2.06 bits per heavy atom. The molecule has 9 nitrogen and oxygen atoms in total. The van der Waals surface area contributed by atoms with E-state index in [-0.39, 0.29) is 6.04 Å². The molecular weight excluding hydrogens is 396 g/mol. The molecule has 1 atom stereocenters. The smallest absolute Gasteiger partial charge is 0.350 e. The summed E-state index contributed by atoms with van der Waals surface area (Å²) in [5, 5.41) is 0.404. The highest BCUT2D eigenvalue weighted by atomic mass is 16.5. The number of nitrogens with two attached hydrogens (primary N) is 1. The fraction of sp³-hybridized carbons (Fsp3) is 0.591. The van der Waals surface area contributed by atoms with E-state index in [0.717, 1.165) is 57.7 Å². The van der Waals surface area contributed by atoms with Crippen molar-refractivity contribution in [3.05, 3.63) is 44.4 Å². The summed E-state index contributed by atoms with van der Waals surface area (Å²) >= 11 is 0. The zero-order valence-electron chi connectivity index (χ0n) is 18.2. The molecule has 1 saturated carbocycles. The van der Waals surface area contributed by atoms with Crippen LogP contribution in [0.3, 0.4) is 0 Å². The van der Waals surface area contributed by atoms with Crippen LogP contribution in [0.25, 0.3) is 15.7 Å². The van der Waals surface area contributed by atoms with Gasteiger partial charge < -0.3 is 20.3 Å². The molecule has 2 heterocycles. The average Bonchev–Trinajstić information content (AvgIpc) is 3.51. The number of hydrogen-bond donors (Lipinski definition) is 1. The molecule has 0 amide bonds. The van der Waals surface area contributed by atoms with Crippen molar-refractivity contribution in [2.45, 2.75) is 32.2 Å². The monoisotopic (exact) mass is 426 g/mol. The number of rotatable bonds is 8. The van der Waals surface area contributed by atoms with E-state index in [1.54, 1.807) is 17.7 Å². The van der Waals surface area contributed by atoms with Gasteiger partial charge in [-0.3, -0.25) is 14.3 Å². The van der Waals surface area contributed by atoms with Gasteiger partial charge in [-0.25, -0.2) is 11.4 Å². The number of likely N-dealkylation sites (N-methyl/N-ethyl adjacent to an activating group) is 1. The zero-order valence-corrected chi connectivity index (χ0v) is 18.2. The van der Waals surface area contributed by atoms with E-state index in [1.807, 2.05) is 6.07 Å². The first-order chi connectivity index (χ1) is 15.0. The molecule has 0 radical (unpaired) electrons. The lowest BCUT2D eigenvalue weighted by Gasteiger charge is -2.25. The second-order valence-corrected chi connectivity index (χ2v) is 8.45. The Hall–Kier alpha value is -2.99. The van der Waals surface area contributed by atoms with E-state index in [4.69, 9.17) is 17.2 Å². The van der Waals surface area contributed by atoms with Crippen molar-refractivity contribution in [1.82, 2.24) is 14.1 Å². The molecule has 1 unspecified atom stereocenters. The number of methoxy groups -OCH3 is 1. The second kappa shape index (κ2) is 8.63. The van der Waals surface area contributed by atoms with Gasteiger partial charge in [0.2, 0.25) is 6.54 Å². The fourth-order valence-electron chi connectivity index (χ4n) is 4.66. The van der Waals surface area contributed by atoms with Crippen molar-refractivity contribution >= 4 is 16.6 Å². The summed E-state index contributed by atoms with van der Waals surface area (Å²) in [5.74, 6) is 6.84. The highest BCUT2D eigenvalue weighted by Crippen LogP contribution is 2.42. The molecule has 31 heavy (non-hydrogen) atoms. The summed E-state index contributed by atoms with van der Waals surface area (Å²) in [5.41, 5.74) is 0.465. The first kappa shape index (κ1) is 21.2. The maximum absolute atomic E-state index is 12.8.